The topological polar surface area (TPSA) is 136 Å². The fourth-order valence-corrected chi connectivity index (χ4v) is 11.8. The highest BCUT2D eigenvalue weighted by Gasteiger charge is 2.64. The summed E-state index contributed by atoms with van der Waals surface area (Å²) < 4.78 is 15.8. The normalized spacial score (nSPS) is 22.5. The number of fused-ring (bicyclic) bond motifs is 3. The molecule has 4 atom stereocenters. The number of aromatic nitrogens is 5. The van der Waals surface area contributed by atoms with Gasteiger partial charge in [-0.25, -0.2) is 4.68 Å². The van der Waals surface area contributed by atoms with Crippen LogP contribution in [0.2, 0.25) is 18.6 Å². The number of aromatic amines is 1. The van der Waals surface area contributed by atoms with Gasteiger partial charge in [-0.3, -0.25) is 19.4 Å². The van der Waals surface area contributed by atoms with E-state index in [2.05, 4.69) is 52.9 Å². The SMILES string of the molecule is COc1ccc([Si](C)(C)[C@@H]2[C@@H](CCn3cc(CCO)nn3)O[C@]3(C(=O)Nc4ccc(-n5[nH]c6ccccc6c5=O)cc43)[C@H]2C)cc1. The van der Waals surface area contributed by atoms with E-state index in [0.717, 1.165) is 22.5 Å². The summed E-state index contributed by atoms with van der Waals surface area (Å²) in [6, 6.07) is 21.3. The highest BCUT2D eigenvalue weighted by atomic mass is 28.3. The van der Waals surface area contributed by atoms with Gasteiger partial charge >= 0.3 is 0 Å². The quantitative estimate of drug-likeness (QED) is 0.210. The Balaban J connectivity index is 1.30. The number of methoxy groups -OCH3 is 1. The van der Waals surface area contributed by atoms with Gasteiger partial charge in [0.05, 0.1) is 43.6 Å². The van der Waals surface area contributed by atoms with Gasteiger partial charge in [-0.1, -0.05) is 54.7 Å². The Morgan fingerprint density at radius 1 is 1.09 bits per heavy atom. The van der Waals surface area contributed by atoms with Crippen LogP contribution in [0.5, 0.6) is 5.75 Å². The summed E-state index contributed by atoms with van der Waals surface area (Å²) in [4.78, 5) is 27.5. The fourth-order valence-electron chi connectivity index (χ4n) is 7.71. The van der Waals surface area contributed by atoms with Crippen molar-refractivity contribution in [2.24, 2.45) is 5.92 Å². The maximum absolute atomic E-state index is 14.1. The molecule has 12 heteroatoms. The maximum Gasteiger partial charge on any atom is 0.279 e. The molecule has 2 aromatic heterocycles. The van der Waals surface area contributed by atoms with E-state index < -0.39 is 13.7 Å². The minimum atomic E-state index is -2.31. The van der Waals surface area contributed by atoms with Crippen molar-refractivity contribution in [3.8, 4) is 11.4 Å². The molecule has 4 heterocycles. The number of aliphatic hydroxyl groups excluding tert-OH is 1. The molecule has 0 saturated carbocycles. The fraction of sp³-hybridized carbons (Fsp3) is 0.353. The molecule has 5 aromatic rings. The van der Waals surface area contributed by atoms with Crippen LogP contribution in [-0.2, 0) is 28.1 Å². The smallest absolute Gasteiger partial charge is 0.279 e. The van der Waals surface area contributed by atoms with E-state index >= 15 is 0 Å². The van der Waals surface area contributed by atoms with Gasteiger partial charge in [0.2, 0.25) is 0 Å². The number of carbonyl (C=O) groups is 1. The molecule has 46 heavy (non-hydrogen) atoms. The first kappa shape index (κ1) is 30.1. The zero-order valence-corrected chi connectivity index (χ0v) is 27.4. The van der Waals surface area contributed by atoms with Crippen LogP contribution in [0.25, 0.3) is 16.6 Å². The minimum absolute atomic E-state index is 0.00926. The van der Waals surface area contributed by atoms with E-state index in [-0.39, 0.29) is 35.6 Å². The molecule has 1 fully saturated rings. The van der Waals surface area contributed by atoms with E-state index in [1.54, 1.807) is 17.9 Å². The number of aliphatic hydroxyl groups is 1. The van der Waals surface area contributed by atoms with Crippen LogP contribution < -0.4 is 20.8 Å². The Morgan fingerprint density at radius 2 is 1.87 bits per heavy atom. The lowest BCUT2D eigenvalue weighted by molar-refractivity contribution is -0.143. The second-order valence-corrected chi connectivity index (χ2v) is 17.6. The summed E-state index contributed by atoms with van der Waals surface area (Å²) in [5, 5.41) is 26.0. The number of aryl methyl sites for hydroxylation is 1. The highest BCUT2D eigenvalue weighted by Crippen LogP contribution is 2.58. The molecule has 0 aliphatic carbocycles. The Labute approximate surface area is 267 Å². The summed E-state index contributed by atoms with van der Waals surface area (Å²) in [5.74, 6) is 0.429. The number of ether oxygens (including phenoxy) is 2. The summed E-state index contributed by atoms with van der Waals surface area (Å²) in [6.45, 7) is 7.38. The van der Waals surface area contributed by atoms with Gasteiger partial charge in [-0.05, 0) is 54.4 Å². The Bertz CT molecular complexity index is 1980. The average molecular weight is 639 g/mol. The van der Waals surface area contributed by atoms with Crippen molar-refractivity contribution in [2.75, 3.05) is 19.0 Å². The lowest BCUT2D eigenvalue weighted by Crippen LogP contribution is -2.51. The first-order valence-electron chi connectivity index (χ1n) is 15.7. The minimum Gasteiger partial charge on any atom is -0.497 e. The number of rotatable bonds is 9. The third-order valence-electron chi connectivity index (χ3n) is 10.0. The van der Waals surface area contributed by atoms with Crippen molar-refractivity contribution in [2.45, 2.75) is 56.7 Å². The van der Waals surface area contributed by atoms with Crippen LogP contribution in [0, 0.1) is 5.92 Å². The molecule has 238 valence electrons. The monoisotopic (exact) mass is 638 g/mol. The average Bonchev–Trinajstić information content (AvgIpc) is 3.80. The molecule has 2 aliphatic heterocycles. The molecule has 0 radical (unpaired) electrons. The molecule has 2 aliphatic rings. The zero-order valence-electron chi connectivity index (χ0n) is 26.4. The van der Waals surface area contributed by atoms with Gasteiger partial charge < -0.3 is 19.9 Å². The Hall–Kier alpha value is -4.52. The van der Waals surface area contributed by atoms with E-state index in [9.17, 15) is 14.7 Å². The Kier molecular flexibility index (Phi) is 7.45. The predicted molar refractivity (Wildman–Crippen MR) is 178 cm³/mol. The van der Waals surface area contributed by atoms with Crippen molar-refractivity contribution < 1.29 is 19.4 Å². The van der Waals surface area contributed by atoms with Gasteiger partial charge in [0.1, 0.15) is 5.75 Å². The first-order chi connectivity index (χ1) is 22.2. The van der Waals surface area contributed by atoms with Gasteiger partial charge in [-0.2, -0.15) is 0 Å². The van der Waals surface area contributed by atoms with Crippen molar-refractivity contribution in [1.29, 1.82) is 0 Å². The third kappa shape index (κ3) is 4.70. The van der Waals surface area contributed by atoms with Crippen LogP contribution >= 0.6 is 0 Å². The molecule has 1 saturated heterocycles. The largest absolute Gasteiger partial charge is 0.497 e. The molecule has 1 amide bonds. The van der Waals surface area contributed by atoms with E-state index in [1.165, 1.54) is 9.87 Å². The second kappa shape index (κ2) is 11.4. The van der Waals surface area contributed by atoms with E-state index in [1.807, 2.05) is 54.7 Å². The number of para-hydroxylation sites is 1. The van der Waals surface area contributed by atoms with Crippen molar-refractivity contribution in [3.05, 3.63) is 94.5 Å². The molecular weight excluding hydrogens is 600 g/mol. The number of H-pyrrole nitrogens is 1. The van der Waals surface area contributed by atoms with Gasteiger partial charge in [0, 0.05) is 42.9 Å². The van der Waals surface area contributed by atoms with Crippen LogP contribution in [0.4, 0.5) is 5.69 Å². The summed E-state index contributed by atoms with van der Waals surface area (Å²) in [7, 11) is -0.646. The lowest BCUT2D eigenvalue weighted by Gasteiger charge is -2.37. The van der Waals surface area contributed by atoms with Crippen LogP contribution in [-0.4, -0.2) is 63.7 Å². The summed E-state index contributed by atoms with van der Waals surface area (Å²) >= 11 is 0. The molecule has 3 aromatic carbocycles. The maximum atomic E-state index is 14.1. The van der Waals surface area contributed by atoms with Crippen molar-refractivity contribution in [1.82, 2.24) is 24.8 Å². The number of nitrogens with zero attached hydrogens (tertiary/aromatic N) is 4. The van der Waals surface area contributed by atoms with Crippen molar-refractivity contribution in [3.63, 3.8) is 0 Å². The molecule has 7 rings (SSSR count). The van der Waals surface area contributed by atoms with Gasteiger partial charge in [0.15, 0.2) is 5.60 Å². The molecular formula is C34H38N6O5Si. The third-order valence-corrected chi connectivity index (χ3v) is 14.4. The summed E-state index contributed by atoms with van der Waals surface area (Å²) in [6.07, 6.45) is 2.65. The zero-order chi connectivity index (χ0) is 32.2. The predicted octanol–water partition coefficient (Wildman–Crippen LogP) is 3.71. The Morgan fingerprint density at radius 3 is 2.61 bits per heavy atom. The number of carbonyl (C=O) groups excluding carboxylic acids is 1. The van der Waals surface area contributed by atoms with Crippen LogP contribution in [0.15, 0.2) is 77.7 Å². The van der Waals surface area contributed by atoms with E-state index in [4.69, 9.17) is 9.47 Å². The second-order valence-electron chi connectivity index (χ2n) is 12.9. The number of nitrogens with one attached hydrogen (secondary N) is 2. The molecule has 3 N–H and O–H groups in total. The van der Waals surface area contributed by atoms with Crippen molar-refractivity contribution >= 4 is 35.8 Å². The lowest BCUT2D eigenvalue weighted by atomic mass is 9.82. The number of hydrogen-bond donors (Lipinski definition) is 3. The van der Waals surface area contributed by atoms with Gasteiger partial charge in [0.25, 0.3) is 11.5 Å². The van der Waals surface area contributed by atoms with E-state index in [0.29, 0.717) is 36.1 Å². The molecule has 0 unspecified atom stereocenters. The standard InChI is InChI=1S/C34H38N6O5Si/c1-21-31(46(3,4)25-12-10-24(44-2)11-13-25)30(15-17-39-20-22(16-18-41)36-38-39)45-34(21)27-19-23(9-14-29(27)35-33(34)43)40-32(42)26-7-5-6-8-28(26)37-40/h5-14,19-21,30-31,37,41H,15-18H2,1-4H3,(H,35,43)/t21-,30+,31-,34+/m0/s1. The molecule has 0 bridgehead atoms. The first-order valence-corrected chi connectivity index (χ1v) is 18.7. The number of anilines is 1. The number of benzene rings is 3. The van der Waals surface area contributed by atoms with Crippen LogP contribution in [0.3, 0.4) is 0 Å². The van der Waals surface area contributed by atoms with Crippen LogP contribution in [0.1, 0.15) is 24.6 Å². The van der Waals surface area contributed by atoms with Gasteiger partial charge in [-0.15, -0.1) is 5.10 Å². The highest BCUT2D eigenvalue weighted by molar-refractivity contribution is 6.91. The number of amides is 1. The molecule has 11 nitrogen and oxygen atoms in total. The number of hydrogen-bond acceptors (Lipinski definition) is 7. The summed E-state index contributed by atoms with van der Waals surface area (Å²) in [5.41, 5.74) is 2.20. The molecule has 1 spiro atoms.